The van der Waals surface area contributed by atoms with Gasteiger partial charge in [0.2, 0.25) is 0 Å². The topological polar surface area (TPSA) is 0 Å². The van der Waals surface area contributed by atoms with Crippen LogP contribution in [0, 0.1) is 11.6 Å². The van der Waals surface area contributed by atoms with Gasteiger partial charge in [-0.05, 0) is 46.9 Å². The minimum Gasteiger partial charge on any atom is -0.207 e. The summed E-state index contributed by atoms with van der Waals surface area (Å²) in [7, 11) is 0. The van der Waals surface area contributed by atoms with Crippen LogP contribution in [0.5, 0.6) is 0 Å². The number of hydrogen-bond acceptors (Lipinski definition) is 0. The van der Waals surface area contributed by atoms with Crippen molar-refractivity contribution in [1.29, 1.82) is 0 Å². The van der Waals surface area contributed by atoms with Crippen LogP contribution in [0.2, 0.25) is 0 Å². The van der Waals surface area contributed by atoms with E-state index in [1.807, 2.05) is 36.4 Å². The fraction of sp³-hybridized carbons (Fsp3) is 0.217. The van der Waals surface area contributed by atoms with Gasteiger partial charge in [0.15, 0.2) is 0 Å². The van der Waals surface area contributed by atoms with Crippen LogP contribution in [-0.4, -0.2) is 0 Å². The molecule has 3 aromatic rings. The lowest BCUT2D eigenvalue weighted by Crippen LogP contribution is -1.96. The van der Waals surface area contributed by atoms with Crippen LogP contribution in [0.15, 0.2) is 66.7 Å². The molecule has 0 heterocycles. The average molecular weight is 336 g/mol. The summed E-state index contributed by atoms with van der Waals surface area (Å²) in [6.45, 7) is 4.18. The summed E-state index contributed by atoms with van der Waals surface area (Å²) in [4.78, 5) is 0. The second kappa shape index (κ2) is 7.60. The molecule has 0 N–H and O–H groups in total. The third-order valence-electron chi connectivity index (χ3n) is 4.66. The second-order valence-electron chi connectivity index (χ2n) is 6.46. The van der Waals surface area contributed by atoms with Crippen LogP contribution in [-0.2, 0) is 6.42 Å². The van der Waals surface area contributed by atoms with Crippen LogP contribution < -0.4 is 0 Å². The van der Waals surface area contributed by atoms with Crippen molar-refractivity contribution in [1.82, 2.24) is 0 Å². The zero-order valence-electron chi connectivity index (χ0n) is 14.6. The Balaban J connectivity index is 1.83. The molecule has 0 fully saturated rings. The van der Waals surface area contributed by atoms with Gasteiger partial charge in [0.05, 0.1) is 0 Å². The highest BCUT2D eigenvalue weighted by Crippen LogP contribution is 2.29. The monoisotopic (exact) mass is 336 g/mol. The Labute approximate surface area is 148 Å². The van der Waals surface area contributed by atoms with Gasteiger partial charge in [-0.3, -0.25) is 0 Å². The molecule has 0 aliphatic rings. The standard InChI is InChI=1S/C23H22F2/c1-3-4-17-5-14-22(23(25)15-17)20-8-6-18(7-9-20)16(2)19-10-12-21(24)13-11-19/h5-16H,3-4H2,1-2H3. The molecule has 0 saturated heterocycles. The lowest BCUT2D eigenvalue weighted by molar-refractivity contribution is 0.626. The first kappa shape index (κ1) is 17.3. The molecular weight excluding hydrogens is 314 g/mol. The SMILES string of the molecule is CCCc1ccc(-c2ccc(C(C)c3ccc(F)cc3)cc2)c(F)c1. The van der Waals surface area contributed by atoms with Gasteiger partial charge in [-0.15, -0.1) is 0 Å². The molecule has 128 valence electrons. The van der Waals surface area contributed by atoms with Crippen molar-refractivity contribution in [3.63, 3.8) is 0 Å². The van der Waals surface area contributed by atoms with Gasteiger partial charge >= 0.3 is 0 Å². The van der Waals surface area contributed by atoms with Crippen LogP contribution in [0.3, 0.4) is 0 Å². The Morgan fingerprint density at radius 3 is 1.96 bits per heavy atom. The van der Waals surface area contributed by atoms with Gasteiger partial charge in [0.1, 0.15) is 11.6 Å². The molecule has 0 aliphatic carbocycles. The van der Waals surface area contributed by atoms with E-state index in [-0.39, 0.29) is 17.6 Å². The van der Waals surface area contributed by atoms with Gasteiger partial charge in [-0.2, -0.15) is 0 Å². The molecule has 0 aromatic heterocycles. The smallest absolute Gasteiger partial charge is 0.131 e. The zero-order valence-corrected chi connectivity index (χ0v) is 14.6. The number of benzene rings is 3. The van der Waals surface area contributed by atoms with Crippen molar-refractivity contribution < 1.29 is 8.78 Å². The fourth-order valence-corrected chi connectivity index (χ4v) is 3.13. The zero-order chi connectivity index (χ0) is 17.8. The molecular formula is C23H22F2. The van der Waals surface area contributed by atoms with E-state index in [9.17, 15) is 8.78 Å². The van der Waals surface area contributed by atoms with Crippen molar-refractivity contribution in [2.45, 2.75) is 32.6 Å². The molecule has 0 amide bonds. The molecule has 25 heavy (non-hydrogen) atoms. The van der Waals surface area contributed by atoms with Gasteiger partial charge in [-0.1, -0.05) is 68.8 Å². The largest absolute Gasteiger partial charge is 0.207 e. The van der Waals surface area contributed by atoms with Gasteiger partial charge in [-0.25, -0.2) is 8.78 Å². The van der Waals surface area contributed by atoms with Crippen LogP contribution >= 0.6 is 0 Å². The number of hydrogen-bond donors (Lipinski definition) is 0. The van der Waals surface area contributed by atoms with Crippen LogP contribution in [0.25, 0.3) is 11.1 Å². The van der Waals surface area contributed by atoms with Gasteiger partial charge in [0.25, 0.3) is 0 Å². The average Bonchev–Trinajstić information content (AvgIpc) is 2.62. The lowest BCUT2D eigenvalue weighted by atomic mass is 9.91. The third-order valence-corrected chi connectivity index (χ3v) is 4.66. The predicted molar refractivity (Wildman–Crippen MR) is 99.7 cm³/mol. The highest BCUT2D eigenvalue weighted by molar-refractivity contribution is 5.65. The van der Waals surface area contributed by atoms with Crippen molar-refractivity contribution in [3.8, 4) is 11.1 Å². The molecule has 1 unspecified atom stereocenters. The summed E-state index contributed by atoms with van der Waals surface area (Å²) < 4.78 is 27.5. The number of rotatable bonds is 5. The van der Waals surface area contributed by atoms with Crippen LogP contribution in [0.4, 0.5) is 8.78 Å². The van der Waals surface area contributed by atoms with E-state index in [2.05, 4.69) is 13.8 Å². The minimum atomic E-state index is -0.228. The number of halogens is 2. The quantitative estimate of drug-likeness (QED) is 0.484. The molecule has 3 aromatic carbocycles. The second-order valence-corrected chi connectivity index (χ2v) is 6.46. The van der Waals surface area contributed by atoms with E-state index >= 15 is 0 Å². The summed E-state index contributed by atoms with van der Waals surface area (Å²) in [5, 5.41) is 0. The summed E-state index contributed by atoms with van der Waals surface area (Å²) in [5.74, 6) is -0.245. The van der Waals surface area contributed by atoms with E-state index in [4.69, 9.17) is 0 Å². The molecule has 2 heteroatoms. The molecule has 1 atom stereocenters. The highest BCUT2D eigenvalue weighted by atomic mass is 19.1. The van der Waals surface area contributed by atoms with Crippen molar-refractivity contribution in [2.75, 3.05) is 0 Å². The van der Waals surface area contributed by atoms with Crippen molar-refractivity contribution in [3.05, 3.63) is 95.1 Å². The maximum atomic E-state index is 14.4. The fourth-order valence-electron chi connectivity index (χ4n) is 3.13. The first-order chi connectivity index (χ1) is 12.1. The Kier molecular flexibility index (Phi) is 5.28. The lowest BCUT2D eigenvalue weighted by Gasteiger charge is -2.13. The van der Waals surface area contributed by atoms with Crippen molar-refractivity contribution in [2.24, 2.45) is 0 Å². The molecule has 0 nitrogen and oxygen atoms in total. The Morgan fingerprint density at radius 2 is 1.40 bits per heavy atom. The summed E-state index contributed by atoms with van der Waals surface area (Å²) in [6.07, 6.45) is 1.90. The van der Waals surface area contributed by atoms with E-state index < -0.39 is 0 Å². The van der Waals surface area contributed by atoms with Crippen molar-refractivity contribution >= 4 is 0 Å². The summed E-state index contributed by atoms with van der Waals surface area (Å²) >= 11 is 0. The van der Waals surface area contributed by atoms with E-state index in [1.54, 1.807) is 18.2 Å². The first-order valence-corrected chi connectivity index (χ1v) is 8.72. The minimum absolute atomic E-state index is 0.159. The van der Waals surface area contributed by atoms with E-state index in [1.165, 1.54) is 12.1 Å². The molecule has 0 bridgehead atoms. The van der Waals surface area contributed by atoms with Gasteiger partial charge in [0, 0.05) is 11.5 Å². The maximum Gasteiger partial charge on any atom is 0.131 e. The molecule has 0 aliphatic heterocycles. The normalized spacial score (nSPS) is 12.2. The summed E-state index contributed by atoms with van der Waals surface area (Å²) in [5.41, 5.74) is 4.71. The molecule has 0 radical (unpaired) electrons. The van der Waals surface area contributed by atoms with Gasteiger partial charge < -0.3 is 0 Å². The molecule has 3 rings (SSSR count). The van der Waals surface area contributed by atoms with E-state index in [0.717, 1.165) is 35.1 Å². The first-order valence-electron chi connectivity index (χ1n) is 8.72. The highest BCUT2D eigenvalue weighted by Gasteiger charge is 2.10. The maximum absolute atomic E-state index is 14.4. The number of aryl methyl sites for hydroxylation is 1. The Morgan fingerprint density at radius 1 is 0.800 bits per heavy atom. The molecule has 0 spiro atoms. The van der Waals surface area contributed by atoms with E-state index in [0.29, 0.717) is 5.56 Å². The molecule has 0 saturated carbocycles. The van der Waals surface area contributed by atoms with Crippen LogP contribution in [0.1, 0.15) is 42.9 Å². The predicted octanol–water partition coefficient (Wildman–Crippen LogP) is 6.74. The Bertz CT molecular complexity index is 833. The Hall–Kier alpha value is -2.48. The summed E-state index contributed by atoms with van der Waals surface area (Å²) in [6, 6.07) is 20.0. The third kappa shape index (κ3) is 3.96.